The molecule has 10 heteroatoms. The summed E-state index contributed by atoms with van der Waals surface area (Å²) in [5.74, 6) is 0. The monoisotopic (exact) mass is 654 g/mol. The van der Waals surface area contributed by atoms with Crippen molar-refractivity contribution in [1.82, 2.24) is 0 Å². The van der Waals surface area contributed by atoms with Crippen molar-refractivity contribution >= 4 is 16.5 Å². The molecule has 0 aliphatic heterocycles. The van der Waals surface area contributed by atoms with Gasteiger partial charge in [-0.3, -0.25) is 0 Å². The van der Waals surface area contributed by atoms with E-state index in [0.717, 1.165) is 25.7 Å². The van der Waals surface area contributed by atoms with Crippen molar-refractivity contribution in [2.24, 2.45) is 0 Å². The van der Waals surface area contributed by atoms with Crippen LogP contribution in [0.2, 0.25) is 0 Å². The van der Waals surface area contributed by atoms with Crippen LogP contribution in [0.5, 0.6) is 0 Å². The van der Waals surface area contributed by atoms with Gasteiger partial charge in [0.1, 0.15) is 13.2 Å². The summed E-state index contributed by atoms with van der Waals surface area (Å²) < 4.78 is 29.3. The Bertz CT molecular complexity index is 475. The maximum atomic E-state index is 10.1. The maximum absolute atomic E-state index is 10.1. The zero-order valence-electron chi connectivity index (χ0n) is 28.6. The molecule has 0 rings (SSSR count). The summed E-state index contributed by atoms with van der Waals surface area (Å²) in [7, 11) is -5.28. The number of unbranched alkanes of at least 4 members (excludes halogenated alkanes) is 26. The second kappa shape index (κ2) is 47.4. The van der Waals surface area contributed by atoms with E-state index in [1.54, 1.807) is 0 Å². The third-order valence-corrected chi connectivity index (χ3v) is 8.18. The molecule has 0 N–H and O–H groups in total. The fourth-order valence-corrected chi connectivity index (χ4v) is 5.43. The zero-order chi connectivity index (χ0) is 29.8. The largest absolute Gasteiger partial charge is 1.00 e. The molecular formula is C32H66Na2O6P2+2. The number of hydrogen-bond donors (Lipinski definition) is 0. The summed E-state index contributed by atoms with van der Waals surface area (Å²) in [5, 5.41) is 0. The molecule has 0 saturated carbocycles. The molecule has 0 fully saturated rings. The van der Waals surface area contributed by atoms with Crippen LogP contribution in [0.4, 0.5) is 0 Å². The molecule has 2 unspecified atom stereocenters. The predicted octanol–water partition coefficient (Wildman–Crippen LogP) is 5.01. The van der Waals surface area contributed by atoms with Gasteiger partial charge in [0.25, 0.3) is 0 Å². The minimum absolute atomic E-state index is 0. The van der Waals surface area contributed by atoms with E-state index >= 15 is 0 Å². The van der Waals surface area contributed by atoms with Gasteiger partial charge in [-0.25, -0.2) is 0 Å². The smallest absolute Gasteiger partial charge is 0.566 e. The van der Waals surface area contributed by atoms with Crippen molar-refractivity contribution < 1.29 is 87.1 Å². The first kappa shape index (κ1) is 50.9. The average molecular weight is 655 g/mol. The van der Waals surface area contributed by atoms with E-state index in [9.17, 15) is 18.9 Å². The number of rotatable bonds is 32. The second-order valence-electron chi connectivity index (χ2n) is 11.3. The Morgan fingerprint density at radius 1 is 0.357 bits per heavy atom. The van der Waals surface area contributed by atoms with Gasteiger partial charge >= 0.3 is 75.6 Å². The van der Waals surface area contributed by atoms with Gasteiger partial charge in [-0.05, 0) is 22.0 Å². The summed E-state index contributed by atoms with van der Waals surface area (Å²) in [4.78, 5) is 20.3. The molecule has 0 aliphatic rings. The molecule has 0 aromatic rings. The number of hydrogen-bond acceptors (Lipinski definition) is 6. The topological polar surface area (TPSA) is 98.7 Å². The fourth-order valence-electron chi connectivity index (χ4n) is 4.87. The predicted molar refractivity (Wildman–Crippen MR) is 168 cm³/mol. The molecule has 42 heavy (non-hydrogen) atoms. The normalized spacial score (nSPS) is 11.2. The van der Waals surface area contributed by atoms with Gasteiger partial charge in [-0.2, -0.15) is 0 Å². The van der Waals surface area contributed by atoms with E-state index in [4.69, 9.17) is 0 Å². The molecule has 0 heterocycles. The summed E-state index contributed by atoms with van der Waals surface area (Å²) >= 11 is 0. The third-order valence-electron chi connectivity index (χ3n) is 7.39. The Kier molecular flexibility index (Phi) is 57.5. The van der Waals surface area contributed by atoms with E-state index < -0.39 is 16.5 Å². The first-order valence-electron chi connectivity index (χ1n) is 17.1. The van der Waals surface area contributed by atoms with Crippen LogP contribution in [-0.4, -0.2) is 13.2 Å². The van der Waals surface area contributed by atoms with Gasteiger partial charge in [0.2, 0.25) is 0 Å². The van der Waals surface area contributed by atoms with Crippen molar-refractivity contribution in [2.45, 2.75) is 194 Å². The van der Waals surface area contributed by atoms with Crippen LogP contribution in [0.1, 0.15) is 194 Å². The van der Waals surface area contributed by atoms with Crippen LogP contribution in [-0.2, 0) is 18.2 Å². The molecule has 0 bridgehead atoms. The van der Waals surface area contributed by atoms with Gasteiger partial charge < -0.3 is 9.79 Å². The van der Waals surface area contributed by atoms with E-state index in [1.807, 2.05) is 0 Å². The first-order chi connectivity index (χ1) is 19.5. The Labute approximate surface area is 307 Å². The van der Waals surface area contributed by atoms with Crippen LogP contribution >= 0.6 is 16.5 Å². The molecule has 6 nitrogen and oxygen atoms in total. The molecule has 0 spiro atoms. The van der Waals surface area contributed by atoms with Crippen LogP contribution in [0.3, 0.4) is 0 Å². The van der Waals surface area contributed by atoms with Crippen LogP contribution in [0.25, 0.3) is 0 Å². The van der Waals surface area contributed by atoms with E-state index in [0.29, 0.717) is 13.2 Å². The molecule has 2 atom stereocenters. The van der Waals surface area contributed by atoms with Gasteiger partial charge in [-0.1, -0.05) is 181 Å². The van der Waals surface area contributed by atoms with Gasteiger partial charge in [0, 0.05) is 0 Å². The van der Waals surface area contributed by atoms with Crippen LogP contribution in [0.15, 0.2) is 0 Å². The van der Waals surface area contributed by atoms with Crippen LogP contribution in [0, 0.1) is 0 Å². The van der Waals surface area contributed by atoms with Crippen molar-refractivity contribution in [3.8, 4) is 0 Å². The summed E-state index contributed by atoms with van der Waals surface area (Å²) in [6.07, 6.45) is 36.6. The van der Waals surface area contributed by atoms with Crippen molar-refractivity contribution in [1.29, 1.82) is 0 Å². The van der Waals surface area contributed by atoms with Crippen LogP contribution < -0.4 is 68.9 Å². The van der Waals surface area contributed by atoms with E-state index in [2.05, 4.69) is 22.9 Å². The Morgan fingerprint density at radius 2 is 0.524 bits per heavy atom. The minimum Gasteiger partial charge on any atom is -0.566 e. The molecule has 0 amide bonds. The van der Waals surface area contributed by atoms with E-state index in [-0.39, 0.29) is 59.1 Å². The van der Waals surface area contributed by atoms with Gasteiger partial charge in [0.05, 0.1) is 0 Å². The van der Waals surface area contributed by atoms with E-state index in [1.165, 1.54) is 154 Å². The summed E-state index contributed by atoms with van der Waals surface area (Å²) in [6, 6.07) is 0. The van der Waals surface area contributed by atoms with Crippen molar-refractivity contribution in [3.05, 3.63) is 0 Å². The molecule has 240 valence electrons. The molecule has 0 aromatic carbocycles. The van der Waals surface area contributed by atoms with Crippen molar-refractivity contribution in [2.75, 3.05) is 13.2 Å². The standard InChI is InChI=1S/2C16H33O3P.2Na/c2*1-2-3-4-5-6-7-8-9-10-11-12-13-14-15-16-19-20(17)18;;/h2*2-16H2,1H3;;/q;;2*+1. The van der Waals surface area contributed by atoms with Gasteiger partial charge in [0.15, 0.2) is 0 Å². The SMILES string of the molecule is CCCCCCCCCCCCCCCCO[P+](=O)[O-].CCCCCCCCCCCCCCCCO[P+](=O)[O-].[Na+].[Na+]. The molecule has 0 saturated heterocycles. The Hall–Kier alpha value is 2.04. The maximum Gasteiger partial charge on any atom is 1.00 e. The average Bonchev–Trinajstić information content (AvgIpc) is 2.93. The Balaban J connectivity index is -0.000000328. The summed E-state index contributed by atoms with van der Waals surface area (Å²) in [5.41, 5.74) is 0. The second-order valence-corrected chi connectivity index (χ2v) is 12.7. The third kappa shape index (κ3) is 54.5. The quantitative estimate of drug-likeness (QED) is 0.0575. The zero-order valence-corrected chi connectivity index (χ0v) is 34.3. The molecule has 0 aromatic heterocycles. The van der Waals surface area contributed by atoms with Crippen molar-refractivity contribution in [3.63, 3.8) is 0 Å². The first-order valence-corrected chi connectivity index (χ1v) is 19.3. The summed E-state index contributed by atoms with van der Waals surface area (Å²) in [6.45, 7) is 5.24. The Morgan fingerprint density at radius 3 is 0.690 bits per heavy atom. The molecular weight excluding hydrogens is 588 g/mol. The molecule has 0 radical (unpaired) electrons. The molecule has 0 aliphatic carbocycles. The fraction of sp³-hybridized carbons (Fsp3) is 1.00. The minimum atomic E-state index is -2.64. The van der Waals surface area contributed by atoms with Gasteiger partial charge in [-0.15, -0.1) is 9.05 Å².